The average Bonchev–Trinajstić information content (AvgIpc) is 3.62. The number of amides is 4. The number of hydrogen-bond donors (Lipinski definition) is 3. The van der Waals surface area contributed by atoms with Crippen LogP contribution in [0.1, 0.15) is 66.4 Å². The molecule has 0 atom stereocenters. The number of imide groups is 1. The second-order valence-corrected chi connectivity index (χ2v) is 14.9. The van der Waals surface area contributed by atoms with Gasteiger partial charge in [0.2, 0.25) is 5.91 Å². The molecule has 17 heteroatoms. The highest BCUT2D eigenvalue weighted by atomic mass is 19.4. The molecule has 4 aromatic rings. The molecule has 7 rings (SSSR count). The molecule has 4 amide bonds. The molecule has 2 aliphatic heterocycles. The van der Waals surface area contributed by atoms with Crippen molar-refractivity contribution >= 4 is 52.6 Å². The first kappa shape index (κ1) is 39.5. The molecular formula is C40H45F4N9O4. The number of methoxy groups -OCH3 is 1. The number of alkyl halides is 3. The Morgan fingerprint density at radius 2 is 1.84 bits per heavy atom. The van der Waals surface area contributed by atoms with E-state index in [9.17, 15) is 31.9 Å². The van der Waals surface area contributed by atoms with E-state index >= 15 is 0 Å². The van der Waals surface area contributed by atoms with Gasteiger partial charge in [-0.3, -0.25) is 29.2 Å². The van der Waals surface area contributed by atoms with E-state index < -0.39 is 35.1 Å². The van der Waals surface area contributed by atoms with Crippen LogP contribution in [0.2, 0.25) is 0 Å². The fourth-order valence-electron chi connectivity index (χ4n) is 8.05. The number of carbonyl (C=O) groups is 3. The van der Waals surface area contributed by atoms with Gasteiger partial charge < -0.3 is 25.6 Å². The van der Waals surface area contributed by atoms with E-state index in [1.54, 1.807) is 17.3 Å². The number of fused-ring (bicyclic) bond motifs is 1. The summed E-state index contributed by atoms with van der Waals surface area (Å²) in [5.74, 6) is -1.04. The molecule has 2 aromatic carbocycles. The molecule has 2 aromatic heterocycles. The van der Waals surface area contributed by atoms with E-state index in [-0.39, 0.29) is 29.8 Å². The van der Waals surface area contributed by atoms with Gasteiger partial charge in [-0.15, -0.1) is 0 Å². The van der Waals surface area contributed by atoms with Crippen molar-refractivity contribution in [3.63, 3.8) is 0 Å². The van der Waals surface area contributed by atoms with E-state index in [1.165, 1.54) is 19.2 Å². The predicted octanol–water partition coefficient (Wildman–Crippen LogP) is 6.36. The van der Waals surface area contributed by atoms with Crippen molar-refractivity contribution in [1.29, 1.82) is 0 Å². The molecule has 4 heterocycles. The molecule has 0 bridgehead atoms. The van der Waals surface area contributed by atoms with Crippen LogP contribution < -0.4 is 30.9 Å². The van der Waals surface area contributed by atoms with Crippen molar-refractivity contribution in [2.75, 3.05) is 61.2 Å². The number of benzene rings is 2. The van der Waals surface area contributed by atoms with Crippen LogP contribution in [0, 0.1) is 11.7 Å². The van der Waals surface area contributed by atoms with Crippen LogP contribution in [0.3, 0.4) is 0 Å². The summed E-state index contributed by atoms with van der Waals surface area (Å²) in [4.78, 5) is 52.9. The van der Waals surface area contributed by atoms with Gasteiger partial charge in [0.05, 0.1) is 30.2 Å². The van der Waals surface area contributed by atoms with Gasteiger partial charge in [-0.25, -0.2) is 14.2 Å². The third-order valence-electron chi connectivity index (χ3n) is 11.2. The van der Waals surface area contributed by atoms with Crippen LogP contribution in [-0.2, 0) is 11.0 Å². The number of imidazole rings is 1. The first-order valence-electron chi connectivity index (χ1n) is 19.0. The lowest BCUT2D eigenvalue weighted by Gasteiger charge is -2.39. The number of carbonyl (C=O) groups excluding carboxylic acids is 3. The van der Waals surface area contributed by atoms with Gasteiger partial charge in [0.25, 0.3) is 5.91 Å². The molecule has 4 N–H and O–H groups in total. The van der Waals surface area contributed by atoms with Gasteiger partial charge in [0.1, 0.15) is 17.4 Å². The quantitative estimate of drug-likeness (QED) is 0.0955. The monoisotopic (exact) mass is 791 g/mol. The summed E-state index contributed by atoms with van der Waals surface area (Å²) in [7, 11) is 3.57. The zero-order valence-electron chi connectivity index (χ0n) is 31.7. The lowest BCUT2D eigenvalue weighted by Crippen LogP contribution is -2.50. The number of ether oxygens (including phenoxy) is 1. The van der Waals surface area contributed by atoms with Gasteiger partial charge in [-0.05, 0) is 87.9 Å². The van der Waals surface area contributed by atoms with E-state index in [2.05, 4.69) is 38.5 Å². The molecule has 13 nitrogen and oxygen atoms in total. The maximum Gasteiger partial charge on any atom is 0.416 e. The molecule has 57 heavy (non-hydrogen) atoms. The molecule has 1 saturated carbocycles. The number of halogens is 4. The number of nitrogens with one attached hydrogen (secondary N) is 2. The second-order valence-electron chi connectivity index (χ2n) is 14.9. The average molecular weight is 792 g/mol. The number of aliphatic imine (C=N–C) groups is 1. The van der Waals surface area contributed by atoms with E-state index in [0.29, 0.717) is 47.7 Å². The van der Waals surface area contributed by atoms with Gasteiger partial charge in [-0.2, -0.15) is 13.2 Å². The number of anilines is 4. The summed E-state index contributed by atoms with van der Waals surface area (Å²) in [5, 5.41) is 4.90. The van der Waals surface area contributed by atoms with Gasteiger partial charge >= 0.3 is 12.2 Å². The maximum absolute atomic E-state index is 14.0. The summed E-state index contributed by atoms with van der Waals surface area (Å²) >= 11 is 0. The number of aromatic nitrogens is 2. The fourth-order valence-corrected chi connectivity index (χ4v) is 8.05. The molecule has 1 aliphatic carbocycles. The van der Waals surface area contributed by atoms with Crippen molar-refractivity contribution in [3.8, 4) is 5.75 Å². The molecule has 3 aliphatic rings. The van der Waals surface area contributed by atoms with Crippen LogP contribution in [0.15, 0.2) is 59.9 Å². The van der Waals surface area contributed by atoms with Crippen LogP contribution in [0.4, 0.5) is 45.2 Å². The third-order valence-corrected chi connectivity index (χ3v) is 11.2. The molecule has 3 fully saturated rings. The lowest BCUT2D eigenvalue weighted by molar-refractivity contribution is -0.137. The summed E-state index contributed by atoms with van der Waals surface area (Å²) in [6.45, 7) is 3.05. The van der Waals surface area contributed by atoms with Crippen molar-refractivity contribution in [1.82, 2.24) is 19.6 Å². The molecule has 0 unspecified atom stereocenters. The van der Waals surface area contributed by atoms with Gasteiger partial charge in [-0.1, -0.05) is 0 Å². The summed E-state index contributed by atoms with van der Waals surface area (Å²) in [6.07, 6.45) is 6.50. The molecule has 0 radical (unpaired) electrons. The second kappa shape index (κ2) is 16.4. The largest absolute Gasteiger partial charge is 0.494 e. The molecule has 2 saturated heterocycles. The zero-order valence-corrected chi connectivity index (χ0v) is 31.7. The van der Waals surface area contributed by atoms with Gasteiger partial charge in [0, 0.05) is 80.0 Å². The van der Waals surface area contributed by atoms with Crippen molar-refractivity contribution in [3.05, 3.63) is 77.4 Å². The number of nitrogens with zero attached hydrogens (tertiary/aromatic N) is 6. The third kappa shape index (κ3) is 8.82. The van der Waals surface area contributed by atoms with Crippen LogP contribution in [0.5, 0.6) is 5.75 Å². The Bertz CT molecular complexity index is 2180. The van der Waals surface area contributed by atoms with Gasteiger partial charge in [0.15, 0.2) is 5.65 Å². The summed E-state index contributed by atoms with van der Waals surface area (Å²) in [5.41, 5.74) is 7.31. The maximum atomic E-state index is 14.0. The fraction of sp³-hybridized carbons (Fsp3) is 0.425. The van der Waals surface area contributed by atoms with Crippen molar-refractivity contribution in [2.24, 2.45) is 10.9 Å². The first-order chi connectivity index (χ1) is 27.3. The number of nitrogen functional groups attached to an aromatic ring is 1. The highest BCUT2D eigenvalue weighted by molar-refractivity contribution is 6.06. The summed E-state index contributed by atoms with van der Waals surface area (Å²) < 4.78 is 60.9. The minimum atomic E-state index is -4.82. The minimum Gasteiger partial charge on any atom is -0.494 e. The van der Waals surface area contributed by atoms with Crippen LogP contribution in [0.25, 0.3) is 5.65 Å². The Morgan fingerprint density at radius 1 is 1.09 bits per heavy atom. The molecule has 0 spiro atoms. The normalized spacial score (nSPS) is 19.8. The van der Waals surface area contributed by atoms with E-state index in [1.807, 2.05) is 16.7 Å². The highest BCUT2D eigenvalue weighted by Gasteiger charge is 2.33. The number of urea groups is 1. The SMILES string of the molecule is COc1cc(N)c(C=NC2CCC(CN(C)C3CCN(c4cccn5c(N6CCC(=O)NC6=O)cnc45)CC3)CC2)cc1NC(=O)c1cc(F)cc(C(F)(F)F)c1. The highest BCUT2D eigenvalue weighted by Crippen LogP contribution is 2.34. The number of rotatable bonds is 10. The minimum absolute atomic E-state index is 0.0834. The van der Waals surface area contributed by atoms with E-state index in [0.717, 1.165) is 75.6 Å². The van der Waals surface area contributed by atoms with Crippen LogP contribution >= 0.6 is 0 Å². The van der Waals surface area contributed by atoms with Crippen LogP contribution in [-0.4, -0.2) is 90.8 Å². The number of piperidine rings is 1. The topological polar surface area (TPSA) is 150 Å². The Morgan fingerprint density at radius 3 is 2.54 bits per heavy atom. The Labute approximate surface area is 326 Å². The van der Waals surface area contributed by atoms with Crippen molar-refractivity contribution < 1.29 is 36.7 Å². The Kier molecular flexibility index (Phi) is 11.4. The Balaban J connectivity index is 0.908. The van der Waals surface area contributed by atoms with E-state index in [4.69, 9.17) is 15.5 Å². The molecule has 302 valence electrons. The zero-order chi connectivity index (χ0) is 40.4. The number of pyridine rings is 1. The predicted molar refractivity (Wildman–Crippen MR) is 209 cm³/mol. The molecular weight excluding hydrogens is 746 g/mol. The first-order valence-corrected chi connectivity index (χ1v) is 19.0. The number of nitrogens with two attached hydrogens (primary N) is 1. The summed E-state index contributed by atoms with van der Waals surface area (Å²) in [6, 6.07) is 8.81. The Hall–Kier alpha value is -5.71. The smallest absolute Gasteiger partial charge is 0.416 e. The van der Waals surface area contributed by atoms with Crippen molar-refractivity contribution in [2.45, 2.75) is 63.2 Å². The lowest BCUT2D eigenvalue weighted by atomic mass is 9.85. The number of hydrogen-bond acceptors (Lipinski definition) is 9. The standard InChI is InChI=1S/C40H45F4N9O4/c1-50(30-9-13-51(14-10-30)33-4-3-12-52-36(22-47-37(33)52)53-15-11-35(54)49-39(53)56)23-24-5-7-29(8-6-24)46-21-26-18-32(34(57-2)20-31(26)45)48-38(55)25-16-27(40(42,43)44)19-28(41)17-25/h3-4,12,16-22,24,29-30H,5-11,13-15,23,45H2,1-2H3,(H,48,55)(H,49,54,56).